The maximum absolute atomic E-state index is 5.28. The van der Waals surface area contributed by atoms with E-state index in [1.165, 1.54) is 12.8 Å². The third-order valence-corrected chi connectivity index (χ3v) is 4.03. The number of aromatic nitrogens is 1. The van der Waals surface area contributed by atoms with Gasteiger partial charge in [-0.05, 0) is 32.9 Å². The molecule has 94 valence electrons. The number of alkyl halides is 1. The SMILES string of the molecule is COc1cc(C)nc(CN2CCC(Br)CC2)c1. The molecule has 0 radical (unpaired) electrons. The molecule has 0 saturated carbocycles. The summed E-state index contributed by atoms with van der Waals surface area (Å²) in [6.07, 6.45) is 2.45. The molecule has 0 amide bonds. The first-order chi connectivity index (χ1) is 8.17. The van der Waals surface area contributed by atoms with Gasteiger partial charge in [0.1, 0.15) is 5.75 Å². The molecule has 1 aromatic heterocycles. The molecule has 0 aliphatic carbocycles. The third-order valence-electron chi connectivity index (χ3n) is 3.12. The second-order valence-electron chi connectivity index (χ2n) is 4.59. The molecule has 0 unspecified atom stereocenters. The Labute approximate surface area is 111 Å². The van der Waals surface area contributed by atoms with E-state index in [0.29, 0.717) is 4.83 Å². The van der Waals surface area contributed by atoms with Gasteiger partial charge in [0.25, 0.3) is 0 Å². The maximum Gasteiger partial charge on any atom is 0.122 e. The quantitative estimate of drug-likeness (QED) is 0.803. The lowest BCUT2D eigenvalue weighted by Gasteiger charge is -2.29. The number of likely N-dealkylation sites (tertiary alicyclic amines) is 1. The highest BCUT2D eigenvalue weighted by atomic mass is 79.9. The predicted octanol–water partition coefficient (Wildman–Crippen LogP) is 2.76. The summed E-state index contributed by atoms with van der Waals surface area (Å²) in [7, 11) is 1.70. The molecule has 4 heteroatoms. The van der Waals surface area contributed by atoms with Gasteiger partial charge in [-0.15, -0.1) is 0 Å². The summed E-state index contributed by atoms with van der Waals surface area (Å²) in [5, 5.41) is 0. The predicted molar refractivity (Wildman–Crippen MR) is 72.8 cm³/mol. The second kappa shape index (κ2) is 5.83. The zero-order valence-electron chi connectivity index (χ0n) is 10.4. The van der Waals surface area contributed by atoms with Gasteiger partial charge >= 0.3 is 0 Å². The van der Waals surface area contributed by atoms with Gasteiger partial charge < -0.3 is 4.74 Å². The van der Waals surface area contributed by atoms with Gasteiger partial charge in [-0.1, -0.05) is 15.9 Å². The number of halogens is 1. The van der Waals surface area contributed by atoms with Crippen LogP contribution in [0.3, 0.4) is 0 Å². The molecule has 0 atom stereocenters. The summed E-state index contributed by atoms with van der Waals surface area (Å²) in [4.78, 5) is 7.71. The molecule has 0 spiro atoms. The van der Waals surface area contributed by atoms with Crippen molar-refractivity contribution in [3.8, 4) is 5.75 Å². The normalized spacial score (nSPS) is 18.3. The fourth-order valence-electron chi connectivity index (χ4n) is 2.19. The van der Waals surface area contributed by atoms with Crippen LogP contribution >= 0.6 is 15.9 Å². The lowest BCUT2D eigenvalue weighted by molar-refractivity contribution is 0.223. The van der Waals surface area contributed by atoms with Crippen LogP contribution in [0, 0.1) is 6.92 Å². The molecule has 0 N–H and O–H groups in total. The Morgan fingerprint density at radius 2 is 2.12 bits per heavy atom. The van der Waals surface area contributed by atoms with Gasteiger partial charge in [0.05, 0.1) is 12.8 Å². The summed E-state index contributed by atoms with van der Waals surface area (Å²) >= 11 is 3.67. The zero-order valence-corrected chi connectivity index (χ0v) is 12.0. The fourth-order valence-corrected chi connectivity index (χ4v) is 2.60. The summed E-state index contributed by atoms with van der Waals surface area (Å²) in [5.74, 6) is 0.905. The Morgan fingerprint density at radius 3 is 2.76 bits per heavy atom. The number of methoxy groups -OCH3 is 1. The fraction of sp³-hybridized carbons (Fsp3) is 0.615. The minimum Gasteiger partial charge on any atom is -0.497 e. The highest BCUT2D eigenvalue weighted by Crippen LogP contribution is 2.20. The largest absolute Gasteiger partial charge is 0.497 e. The summed E-state index contributed by atoms with van der Waals surface area (Å²) in [6, 6.07) is 4.00. The van der Waals surface area contributed by atoms with Crippen molar-refractivity contribution in [3.63, 3.8) is 0 Å². The van der Waals surface area contributed by atoms with Crippen LogP contribution in [-0.4, -0.2) is 34.9 Å². The molecular weight excluding hydrogens is 280 g/mol. The average Bonchev–Trinajstić information content (AvgIpc) is 2.31. The van der Waals surface area contributed by atoms with Crippen LogP contribution in [-0.2, 0) is 6.54 Å². The standard InChI is InChI=1S/C13H19BrN2O/c1-10-7-13(17-2)8-12(15-10)9-16-5-3-11(14)4-6-16/h7-8,11H,3-6,9H2,1-2H3. The Balaban J connectivity index is 2.00. The van der Waals surface area contributed by atoms with Gasteiger partial charge in [0, 0.05) is 29.2 Å². The molecule has 1 aliphatic heterocycles. The summed E-state index contributed by atoms with van der Waals surface area (Å²) < 4.78 is 5.28. The van der Waals surface area contributed by atoms with E-state index in [4.69, 9.17) is 4.74 Å². The van der Waals surface area contributed by atoms with Crippen molar-refractivity contribution in [1.82, 2.24) is 9.88 Å². The van der Waals surface area contributed by atoms with Gasteiger partial charge in [-0.25, -0.2) is 0 Å². The number of rotatable bonds is 3. The van der Waals surface area contributed by atoms with E-state index in [9.17, 15) is 0 Å². The van der Waals surface area contributed by atoms with Crippen LogP contribution in [0.25, 0.3) is 0 Å². The highest BCUT2D eigenvalue weighted by Gasteiger charge is 2.17. The molecule has 1 saturated heterocycles. The molecule has 2 rings (SSSR count). The number of pyridine rings is 1. The van der Waals surface area contributed by atoms with Crippen LogP contribution in [0.1, 0.15) is 24.2 Å². The summed E-state index contributed by atoms with van der Waals surface area (Å²) in [6.45, 7) is 5.23. The van der Waals surface area contributed by atoms with E-state index >= 15 is 0 Å². The van der Waals surface area contributed by atoms with Crippen LogP contribution in [0.4, 0.5) is 0 Å². The highest BCUT2D eigenvalue weighted by molar-refractivity contribution is 9.09. The molecule has 3 nitrogen and oxygen atoms in total. The first kappa shape index (κ1) is 12.8. The molecule has 0 aromatic carbocycles. The second-order valence-corrected chi connectivity index (χ2v) is 5.89. The lowest BCUT2D eigenvalue weighted by Crippen LogP contribution is -2.33. The van der Waals surface area contributed by atoms with Crippen molar-refractivity contribution in [1.29, 1.82) is 0 Å². The average molecular weight is 299 g/mol. The van der Waals surface area contributed by atoms with E-state index in [2.05, 4.69) is 25.8 Å². The Morgan fingerprint density at radius 1 is 1.41 bits per heavy atom. The minimum atomic E-state index is 0.693. The van der Waals surface area contributed by atoms with Crippen molar-refractivity contribution < 1.29 is 4.74 Å². The molecular formula is C13H19BrN2O. The van der Waals surface area contributed by atoms with Gasteiger partial charge in [0.2, 0.25) is 0 Å². The molecule has 1 aliphatic rings. The van der Waals surface area contributed by atoms with Crippen molar-refractivity contribution in [2.24, 2.45) is 0 Å². The number of nitrogens with zero attached hydrogens (tertiary/aromatic N) is 2. The molecule has 17 heavy (non-hydrogen) atoms. The van der Waals surface area contributed by atoms with Crippen molar-refractivity contribution in [3.05, 3.63) is 23.5 Å². The maximum atomic E-state index is 5.28. The lowest BCUT2D eigenvalue weighted by atomic mass is 10.1. The van der Waals surface area contributed by atoms with Gasteiger partial charge in [-0.2, -0.15) is 0 Å². The number of piperidine rings is 1. The van der Waals surface area contributed by atoms with Crippen molar-refractivity contribution in [2.45, 2.75) is 31.1 Å². The first-order valence-corrected chi connectivity index (χ1v) is 6.97. The number of hydrogen-bond acceptors (Lipinski definition) is 3. The van der Waals surface area contributed by atoms with Crippen molar-refractivity contribution >= 4 is 15.9 Å². The molecule has 1 aromatic rings. The van der Waals surface area contributed by atoms with E-state index in [1.807, 2.05) is 19.1 Å². The first-order valence-electron chi connectivity index (χ1n) is 6.05. The number of aryl methyl sites for hydroxylation is 1. The Kier molecular flexibility index (Phi) is 4.40. The van der Waals surface area contributed by atoms with E-state index in [1.54, 1.807) is 7.11 Å². The van der Waals surface area contributed by atoms with E-state index in [-0.39, 0.29) is 0 Å². The zero-order chi connectivity index (χ0) is 12.3. The molecule has 2 heterocycles. The van der Waals surface area contributed by atoms with Crippen LogP contribution in [0.2, 0.25) is 0 Å². The van der Waals surface area contributed by atoms with Crippen LogP contribution in [0.5, 0.6) is 5.75 Å². The molecule has 1 fully saturated rings. The number of ether oxygens (including phenoxy) is 1. The van der Waals surface area contributed by atoms with Crippen LogP contribution in [0.15, 0.2) is 12.1 Å². The van der Waals surface area contributed by atoms with Crippen molar-refractivity contribution in [2.75, 3.05) is 20.2 Å². The van der Waals surface area contributed by atoms with E-state index < -0.39 is 0 Å². The van der Waals surface area contributed by atoms with Gasteiger partial charge in [0.15, 0.2) is 0 Å². The smallest absolute Gasteiger partial charge is 0.122 e. The summed E-state index contributed by atoms with van der Waals surface area (Å²) in [5.41, 5.74) is 2.13. The monoisotopic (exact) mass is 298 g/mol. The molecule has 0 bridgehead atoms. The van der Waals surface area contributed by atoms with E-state index in [0.717, 1.165) is 36.8 Å². The van der Waals surface area contributed by atoms with Crippen LogP contribution < -0.4 is 4.74 Å². The minimum absolute atomic E-state index is 0.693. The number of hydrogen-bond donors (Lipinski definition) is 0. The third kappa shape index (κ3) is 3.68. The Bertz CT molecular complexity index is 376. The topological polar surface area (TPSA) is 25.4 Å². The van der Waals surface area contributed by atoms with Gasteiger partial charge in [-0.3, -0.25) is 9.88 Å². The Hall–Kier alpha value is -0.610.